The Morgan fingerprint density at radius 3 is 2.93 bits per heavy atom. The summed E-state index contributed by atoms with van der Waals surface area (Å²) in [6, 6.07) is 13.9. The van der Waals surface area contributed by atoms with Gasteiger partial charge in [-0.1, -0.05) is 12.1 Å². The Morgan fingerprint density at radius 2 is 2.10 bits per heavy atom. The predicted molar refractivity (Wildman–Crippen MR) is 109 cm³/mol. The molecule has 0 radical (unpaired) electrons. The van der Waals surface area contributed by atoms with E-state index in [2.05, 4.69) is 10.1 Å². The minimum Gasteiger partial charge on any atom is -0.469 e. The van der Waals surface area contributed by atoms with E-state index in [9.17, 15) is 9.18 Å². The summed E-state index contributed by atoms with van der Waals surface area (Å²) < 4.78 is 20.6. The number of benzene rings is 1. The lowest BCUT2D eigenvalue weighted by atomic mass is 9.97. The molecular weight excluding hydrogens is 383 g/mol. The molecule has 1 aliphatic rings. The molecule has 0 aliphatic carbocycles. The standard InChI is InChI=1S/C23H21FN4O2/c24-19-6-1-4-16(12-19)17-8-9-21-25-23(26-28(21)15-17)18-5-2-10-27(14-18)22(29)13-20-7-3-11-30-20/h1,3-4,6-9,11-12,15,18H,2,5,10,13-14H2/t18-/m1/s1. The number of amides is 1. The summed E-state index contributed by atoms with van der Waals surface area (Å²) in [5.41, 5.74) is 2.41. The Balaban J connectivity index is 1.35. The third-order valence-electron chi connectivity index (χ3n) is 5.55. The zero-order valence-corrected chi connectivity index (χ0v) is 16.4. The fourth-order valence-corrected chi connectivity index (χ4v) is 4.00. The van der Waals surface area contributed by atoms with E-state index in [-0.39, 0.29) is 24.1 Å². The average Bonchev–Trinajstić information content (AvgIpc) is 3.43. The van der Waals surface area contributed by atoms with Crippen LogP contribution >= 0.6 is 0 Å². The van der Waals surface area contributed by atoms with Gasteiger partial charge >= 0.3 is 0 Å². The van der Waals surface area contributed by atoms with Gasteiger partial charge in [-0.05, 0) is 54.8 Å². The molecule has 6 nitrogen and oxygen atoms in total. The number of rotatable bonds is 4. The third kappa shape index (κ3) is 3.70. The molecule has 1 aliphatic heterocycles. The molecule has 3 aromatic heterocycles. The van der Waals surface area contributed by atoms with E-state index in [1.165, 1.54) is 12.1 Å². The first kappa shape index (κ1) is 18.5. The minimum absolute atomic E-state index is 0.0619. The Bertz CT molecular complexity index is 1190. The van der Waals surface area contributed by atoms with Gasteiger partial charge in [0.25, 0.3) is 0 Å². The number of halogens is 1. The smallest absolute Gasteiger partial charge is 0.230 e. The van der Waals surface area contributed by atoms with E-state index in [0.717, 1.165) is 42.0 Å². The van der Waals surface area contributed by atoms with Crippen molar-refractivity contribution in [3.05, 3.63) is 78.4 Å². The van der Waals surface area contributed by atoms with Crippen molar-refractivity contribution in [1.82, 2.24) is 19.5 Å². The van der Waals surface area contributed by atoms with Gasteiger partial charge in [0.1, 0.15) is 11.6 Å². The molecule has 0 spiro atoms. The number of hydrogen-bond donors (Lipinski definition) is 0. The van der Waals surface area contributed by atoms with Gasteiger partial charge in [0, 0.05) is 30.8 Å². The molecular formula is C23H21FN4O2. The van der Waals surface area contributed by atoms with Gasteiger partial charge in [-0.3, -0.25) is 4.79 Å². The Labute approximate surface area is 173 Å². The van der Waals surface area contributed by atoms with Crippen LogP contribution in [0, 0.1) is 5.82 Å². The zero-order valence-electron chi connectivity index (χ0n) is 16.4. The lowest BCUT2D eigenvalue weighted by molar-refractivity contribution is -0.132. The lowest BCUT2D eigenvalue weighted by Gasteiger charge is -2.31. The van der Waals surface area contributed by atoms with Crippen LogP contribution in [-0.2, 0) is 11.2 Å². The van der Waals surface area contributed by atoms with Crippen molar-refractivity contribution in [2.45, 2.75) is 25.2 Å². The van der Waals surface area contributed by atoms with Crippen LogP contribution in [0.25, 0.3) is 16.8 Å². The molecule has 1 saturated heterocycles. The summed E-state index contributed by atoms with van der Waals surface area (Å²) in [6.45, 7) is 1.35. The molecule has 152 valence electrons. The van der Waals surface area contributed by atoms with Crippen molar-refractivity contribution in [3.8, 4) is 11.1 Å². The molecule has 0 bridgehead atoms. The quantitative estimate of drug-likeness (QED) is 0.514. The first-order valence-electron chi connectivity index (χ1n) is 10.1. The van der Waals surface area contributed by atoms with Crippen molar-refractivity contribution in [3.63, 3.8) is 0 Å². The van der Waals surface area contributed by atoms with Crippen molar-refractivity contribution in [1.29, 1.82) is 0 Å². The Morgan fingerprint density at radius 1 is 1.17 bits per heavy atom. The van der Waals surface area contributed by atoms with E-state index in [1.807, 2.05) is 35.4 Å². The van der Waals surface area contributed by atoms with E-state index in [1.54, 1.807) is 22.9 Å². The zero-order chi connectivity index (χ0) is 20.5. The molecule has 0 saturated carbocycles. The number of carbonyl (C=O) groups excluding carboxylic acids is 1. The van der Waals surface area contributed by atoms with Crippen molar-refractivity contribution in [2.24, 2.45) is 0 Å². The molecule has 1 fully saturated rings. The third-order valence-corrected chi connectivity index (χ3v) is 5.55. The van der Waals surface area contributed by atoms with Crippen LogP contribution in [-0.4, -0.2) is 38.5 Å². The molecule has 4 aromatic rings. The van der Waals surface area contributed by atoms with Crippen LogP contribution in [0.4, 0.5) is 4.39 Å². The summed E-state index contributed by atoms with van der Waals surface area (Å²) in [5, 5.41) is 4.67. The molecule has 1 aromatic carbocycles. The van der Waals surface area contributed by atoms with Crippen LogP contribution in [0.3, 0.4) is 0 Å². The number of furan rings is 1. The predicted octanol–water partition coefficient (Wildman–Crippen LogP) is 4.08. The van der Waals surface area contributed by atoms with Crippen molar-refractivity contribution < 1.29 is 13.6 Å². The average molecular weight is 404 g/mol. The molecule has 1 amide bonds. The van der Waals surface area contributed by atoms with Gasteiger partial charge in [0.2, 0.25) is 5.91 Å². The largest absolute Gasteiger partial charge is 0.469 e. The van der Waals surface area contributed by atoms with Crippen LogP contribution < -0.4 is 0 Å². The second kappa shape index (κ2) is 7.74. The number of fused-ring (bicyclic) bond motifs is 1. The molecule has 0 N–H and O–H groups in total. The highest BCUT2D eigenvalue weighted by atomic mass is 19.1. The van der Waals surface area contributed by atoms with Crippen molar-refractivity contribution >= 4 is 11.6 Å². The molecule has 0 unspecified atom stereocenters. The molecule has 30 heavy (non-hydrogen) atoms. The molecule has 1 atom stereocenters. The van der Waals surface area contributed by atoms with Gasteiger partial charge in [-0.15, -0.1) is 0 Å². The Kier molecular flexibility index (Phi) is 4.78. The van der Waals surface area contributed by atoms with E-state index in [0.29, 0.717) is 12.3 Å². The first-order valence-corrected chi connectivity index (χ1v) is 10.1. The van der Waals surface area contributed by atoms with E-state index in [4.69, 9.17) is 4.42 Å². The van der Waals surface area contributed by atoms with Crippen LogP contribution in [0.15, 0.2) is 65.4 Å². The lowest BCUT2D eigenvalue weighted by Crippen LogP contribution is -2.40. The Hall–Kier alpha value is -3.48. The molecule has 7 heteroatoms. The summed E-state index contributed by atoms with van der Waals surface area (Å²) in [6.07, 6.45) is 5.58. The fraction of sp³-hybridized carbons (Fsp3) is 0.261. The van der Waals surface area contributed by atoms with Gasteiger partial charge < -0.3 is 9.32 Å². The molecule has 5 rings (SSSR count). The SMILES string of the molecule is O=C(Cc1ccco1)N1CCC[C@@H](c2nc3ccc(-c4cccc(F)c4)cn3n2)C1. The topological polar surface area (TPSA) is 63.6 Å². The summed E-state index contributed by atoms with van der Waals surface area (Å²) in [4.78, 5) is 19.2. The summed E-state index contributed by atoms with van der Waals surface area (Å²) >= 11 is 0. The number of pyridine rings is 1. The second-order valence-corrected chi connectivity index (χ2v) is 7.64. The normalized spacial score (nSPS) is 16.8. The van der Waals surface area contributed by atoms with Gasteiger partial charge in [-0.25, -0.2) is 13.9 Å². The number of piperidine rings is 1. The van der Waals surface area contributed by atoms with Gasteiger partial charge in [-0.2, -0.15) is 5.10 Å². The van der Waals surface area contributed by atoms with Crippen LogP contribution in [0.2, 0.25) is 0 Å². The first-order chi connectivity index (χ1) is 14.7. The summed E-state index contributed by atoms with van der Waals surface area (Å²) in [7, 11) is 0. The maximum atomic E-state index is 13.6. The van der Waals surface area contributed by atoms with Crippen LogP contribution in [0.1, 0.15) is 30.3 Å². The molecule has 4 heterocycles. The summed E-state index contributed by atoms with van der Waals surface area (Å²) in [5.74, 6) is 1.30. The highest BCUT2D eigenvalue weighted by Crippen LogP contribution is 2.27. The second-order valence-electron chi connectivity index (χ2n) is 7.64. The maximum Gasteiger partial charge on any atom is 0.230 e. The highest BCUT2D eigenvalue weighted by molar-refractivity contribution is 5.78. The van der Waals surface area contributed by atoms with Crippen molar-refractivity contribution in [2.75, 3.05) is 13.1 Å². The van der Waals surface area contributed by atoms with E-state index >= 15 is 0 Å². The fourth-order valence-electron chi connectivity index (χ4n) is 4.00. The number of likely N-dealkylation sites (tertiary alicyclic amines) is 1. The van der Waals surface area contributed by atoms with E-state index < -0.39 is 0 Å². The number of aromatic nitrogens is 3. The highest BCUT2D eigenvalue weighted by Gasteiger charge is 2.27. The van der Waals surface area contributed by atoms with Crippen LogP contribution in [0.5, 0.6) is 0 Å². The van der Waals surface area contributed by atoms with Gasteiger partial charge in [0.05, 0.1) is 12.7 Å². The maximum absolute atomic E-state index is 13.6. The number of hydrogen-bond acceptors (Lipinski definition) is 4. The number of carbonyl (C=O) groups is 1. The number of nitrogens with zero attached hydrogens (tertiary/aromatic N) is 4. The monoisotopic (exact) mass is 404 g/mol. The van der Waals surface area contributed by atoms with Gasteiger partial charge in [0.15, 0.2) is 11.5 Å². The minimum atomic E-state index is -0.270.